The Balaban J connectivity index is 2.34. The average Bonchev–Trinajstić information content (AvgIpc) is 2.52. The van der Waals surface area contributed by atoms with Gasteiger partial charge in [0, 0.05) is 12.5 Å². The summed E-state index contributed by atoms with van der Waals surface area (Å²) in [5.74, 6) is 0.0924. The number of amides is 1. The van der Waals surface area contributed by atoms with Crippen LogP contribution in [0.3, 0.4) is 0 Å². The van der Waals surface area contributed by atoms with Crippen LogP contribution in [-0.2, 0) is 4.79 Å². The molecule has 7 nitrogen and oxygen atoms in total. The van der Waals surface area contributed by atoms with Gasteiger partial charge in [0.25, 0.3) is 5.56 Å². The lowest BCUT2D eigenvalue weighted by Gasteiger charge is -2.13. The van der Waals surface area contributed by atoms with E-state index in [2.05, 4.69) is 25.3 Å². The first-order chi connectivity index (χ1) is 10.5. The summed E-state index contributed by atoms with van der Waals surface area (Å²) in [5, 5.41) is 10.6. The first kappa shape index (κ1) is 15.4. The van der Waals surface area contributed by atoms with Crippen molar-refractivity contribution in [3.8, 4) is 11.4 Å². The van der Waals surface area contributed by atoms with Crippen molar-refractivity contribution in [2.75, 3.05) is 0 Å². The lowest BCUT2D eigenvalue weighted by atomic mass is 10.1. The molecule has 0 spiro atoms. The molecule has 1 unspecified atom stereocenters. The maximum Gasteiger partial charge on any atom is 0.275 e. The predicted octanol–water partition coefficient (Wildman–Crippen LogP) is 1.97. The van der Waals surface area contributed by atoms with E-state index in [0.29, 0.717) is 23.5 Å². The highest BCUT2D eigenvalue weighted by Crippen LogP contribution is 2.19. The fourth-order valence-electron chi connectivity index (χ4n) is 2.01. The van der Waals surface area contributed by atoms with Crippen LogP contribution in [-0.4, -0.2) is 21.1 Å². The monoisotopic (exact) mass is 297 g/mol. The van der Waals surface area contributed by atoms with Gasteiger partial charge in [0.2, 0.25) is 5.91 Å². The summed E-state index contributed by atoms with van der Waals surface area (Å²) in [7, 11) is 0. The van der Waals surface area contributed by atoms with E-state index in [4.69, 9.17) is 6.57 Å². The standard InChI is InChI=1S/C15H15N5O2/c1-4-12(17-9(2)21)13-15(22)18-14(20-19-13)10-5-7-11(16-3)8-6-10/h5-8,12H,4H2,1-2H3,(H,17,21)(H,18,20,22). The van der Waals surface area contributed by atoms with Gasteiger partial charge in [-0.25, -0.2) is 4.85 Å². The lowest BCUT2D eigenvalue weighted by molar-refractivity contribution is -0.119. The van der Waals surface area contributed by atoms with Crippen molar-refractivity contribution < 1.29 is 4.79 Å². The molecule has 0 aliphatic heterocycles. The fraction of sp³-hybridized carbons (Fsp3) is 0.267. The minimum absolute atomic E-state index is 0.180. The van der Waals surface area contributed by atoms with E-state index < -0.39 is 6.04 Å². The first-order valence-electron chi connectivity index (χ1n) is 6.77. The number of nitrogens with zero attached hydrogens (tertiary/aromatic N) is 3. The Bertz CT molecular complexity index is 774. The van der Waals surface area contributed by atoms with Crippen LogP contribution in [0, 0.1) is 6.57 Å². The molecule has 0 bridgehead atoms. The van der Waals surface area contributed by atoms with Gasteiger partial charge in [0.05, 0.1) is 12.6 Å². The number of H-pyrrole nitrogens is 1. The number of carbonyl (C=O) groups excluding carboxylic acids is 1. The summed E-state index contributed by atoms with van der Waals surface area (Å²) >= 11 is 0. The van der Waals surface area contributed by atoms with Crippen molar-refractivity contribution >= 4 is 11.6 Å². The van der Waals surface area contributed by atoms with Crippen LogP contribution in [0.25, 0.3) is 16.2 Å². The molecule has 2 rings (SSSR count). The number of nitrogens with one attached hydrogen (secondary N) is 2. The molecular weight excluding hydrogens is 282 g/mol. The maximum absolute atomic E-state index is 12.2. The van der Waals surface area contributed by atoms with Gasteiger partial charge in [-0.1, -0.05) is 31.2 Å². The van der Waals surface area contributed by atoms with Crippen LogP contribution in [0.15, 0.2) is 29.1 Å². The Kier molecular flexibility index (Phi) is 4.63. The summed E-state index contributed by atoms with van der Waals surface area (Å²) in [4.78, 5) is 29.3. The molecule has 1 aromatic heterocycles. The van der Waals surface area contributed by atoms with Gasteiger partial charge < -0.3 is 10.3 Å². The van der Waals surface area contributed by atoms with Crippen LogP contribution in [0.1, 0.15) is 32.0 Å². The van der Waals surface area contributed by atoms with Gasteiger partial charge in [-0.05, 0) is 6.42 Å². The fourth-order valence-corrected chi connectivity index (χ4v) is 2.01. The number of rotatable bonds is 4. The molecule has 112 valence electrons. The van der Waals surface area contributed by atoms with Crippen LogP contribution < -0.4 is 10.9 Å². The Morgan fingerprint density at radius 1 is 1.36 bits per heavy atom. The van der Waals surface area contributed by atoms with Crippen molar-refractivity contribution in [2.45, 2.75) is 26.3 Å². The van der Waals surface area contributed by atoms with E-state index >= 15 is 0 Å². The Morgan fingerprint density at radius 2 is 2.05 bits per heavy atom. The second kappa shape index (κ2) is 6.63. The van der Waals surface area contributed by atoms with Crippen molar-refractivity contribution in [1.29, 1.82) is 0 Å². The van der Waals surface area contributed by atoms with Gasteiger partial charge in [-0.15, -0.1) is 10.2 Å². The van der Waals surface area contributed by atoms with Gasteiger partial charge >= 0.3 is 0 Å². The highest BCUT2D eigenvalue weighted by atomic mass is 16.1. The number of aromatic nitrogens is 3. The third kappa shape index (κ3) is 3.35. The third-order valence-corrected chi connectivity index (χ3v) is 3.11. The molecule has 0 saturated heterocycles. The minimum Gasteiger partial charge on any atom is -0.348 e. The zero-order chi connectivity index (χ0) is 16.1. The molecule has 1 atom stereocenters. The molecule has 0 aliphatic carbocycles. The van der Waals surface area contributed by atoms with E-state index in [1.807, 2.05) is 6.92 Å². The Labute approximate surface area is 127 Å². The first-order valence-corrected chi connectivity index (χ1v) is 6.77. The molecule has 2 N–H and O–H groups in total. The van der Waals surface area contributed by atoms with Gasteiger partial charge in [-0.2, -0.15) is 0 Å². The van der Waals surface area contributed by atoms with E-state index in [9.17, 15) is 9.59 Å². The van der Waals surface area contributed by atoms with Gasteiger partial charge in [-0.3, -0.25) is 9.59 Å². The van der Waals surface area contributed by atoms with Crippen molar-refractivity contribution in [3.63, 3.8) is 0 Å². The molecule has 1 heterocycles. The topological polar surface area (TPSA) is 92.1 Å². The maximum atomic E-state index is 12.2. The zero-order valence-electron chi connectivity index (χ0n) is 12.3. The second-order valence-electron chi connectivity index (χ2n) is 4.71. The molecule has 0 fully saturated rings. The zero-order valence-corrected chi connectivity index (χ0v) is 12.3. The summed E-state index contributed by atoms with van der Waals surface area (Å²) in [6.07, 6.45) is 0.538. The molecule has 1 amide bonds. The third-order valence-electron chi connectivity index (χ3n) is 3.11. The highest BCUT2D eigenvalue weighted by Gasteiger charge is 2.17. The molecule has 22 heavy (non-hydrogen) atoms. The second-order valence-corrected chi connectivity index (χ2v) is 4.71. The molecule has 0 aliphatic rings. The molecule has 7 heteroatoms. The van der Waals surface area contributed by atoms with Crippen LogP contribution >= 0.6 is 0 Å². The van der Waals surface area contributed by atoms with Crippen molar-refractivity contribution in [2.24, 2.45) is 0 Å². The molecule has 1 aromatic carbocycles. The highest BCUT2D eigenvalue weighted by molar-refractivity contribution is 5.73. The number of aromatic amines is 1. The van der Waals surface area contributed by atoms with Crippen LogP contribution in [0.5, 0.6) is 0 Å². The van der Waals surface area contributed by atoms with Gasteiger partial charge in [0.1, 0.15) is 0 Å². The molecular formula is C15H15N5O2. The molecule has 0 saturated carbocycles. The summed E-state index contributed by atoms with van der Waals surface area (Å²) in [6.45, 7) is 10.1. The summed E-state index contributed by atoms with van der Waals surface area (Å²) < 4.78 is 0. The van der Waals surface area contributed by atoms with E-state index in [-0.39, 0.29) is 17.2 Å². The van der Waals surface area contributed by atoms with Gasteiger partial charge in [0.15, 0.2) is 17.2 Å². The van der Waals surface area contributed by atoms with E-state index in [0.717, 1.165) is 0 Å². The normalized spacial score (nSPS) is 11.5. The molecule has 0 radical (unpaired) electrons. The SMILES string of the molecule is [C-]#[N+]c1ccc(-c2nnc(C(CC)NC(C)=O)c(=O)[nH]2)cc1. The number of carbonyl (C=O) groups is 1. The van der Waals surface area contributed by atoms with Crippen molar-refractivity contribution in [3.05, 3.63) is 51.7 Å². The Morgan fingerprint density at radius 3 is 2.55 bits per heavy atom. The summed E-state index contributed by atoms with van der Waals surface area (Å²) in [5.41, 5.74) is 0.961. The minimum atomic E-state index is -0.465. The van der Waals surface area contributed by atoms with Crippen LogP contribution in [0.4, 0.5) is 5.69 Å². The lowest BCUT2D eigenvalue weighted by Crippen LogP contribution is -2.32. The quantitative estimate of drug-likeness (QED) is 0.844. The Hall–Kier alpha value is -3.01. The smallest absolute Gasteiger partial charge is 0.275 e. The van der Waals surface area contributed by atoms with E-state index in [1.54, 1.807) is 24.3 Å². The molecule has 2 aromatic rings. The largest absolute Gasteiger partial charge is 0.348 e. The average molecular weight is 297 g/mol. The number of hydrogen-bond acceptors (Lipinski definition) is 4. The van der Waals surface area contributed by atoms with Crippen molar-refractivity contribution in [1.82, 2.24) is 20.5 Å². The number of benzene rings is 1. The van der Waals surface area contributed by atoms with Crippen LogP contribution in [0.2, 0.25) is 0 Å². The number of hydrogen-bond donors (Lipinski definition) is 2. The van der Waals surface area contributed by atoms with E-state index in [1.165, 1.54) is 6.92 Å². The predicted molar refractivity (Wildman–Crippen MR) is 81.2 cm³/mol. The summed E-state index contributed by atoms with van der Waals surface area (Å²) in [6, 6.07) is 6.20.